The molecule has 51 heavy (non-hydrogen) atoms. The molecule has 0 unspecified atom stereocenters. The van der Waals surface area contributed by atoms with Crippen molar-refractivity contribution in [3.05, 3.63) is 59.7 Å². The molecule has 19 heteroatoms. The molecule has 5 rings (SSSR count). The molecule has 10 N–H and O–H groups in total. The second-order valence-electron chi connectivity index (χ2n) is 13.3. The van der Waals surface area contributed by atoms with E-state index in [-0.39, 0.29) is 46.6 Å². The summed E-state index contributed by atoms with van der Waals surface area (Å²) in [6.45, 7) is 6.69. The molecule has 0 aromatic heterocycles. The Morgan fingerprint density at radius 2 is 1.35 bits per heavy atom. The number of β-lactam (4-membered cyclic amide) rings is 1. The van der Waals surface area contributed by atoms with E-state index in [1.165, 1.54) is 65.2 Å². The van der Waals surface area contributed by atoms with Crippen LogP contribution in [0.15, 0.2) is 48.5 Å². The van der Waals surface area contributed by atoms with Crippen LogP contribution in [0.4, 0.5) is 0 Å². The Labute approximate surface area is 323 Å². The van der Waals surface area contributed by atoms with Gasteiger partial charge >= 0.3 is 11.9 Å². The first kappa shape index (κ1) is 40.3. The Kier molecular flexibility index (Phi) is 12.0. The van der Waals surface area contributed by atoms with Crippen LogP contribution in [0, 0.1) is 0 Å². The Morgan fingerprint density at radius 3 is 1.86 bits per heavy atom. The summed E-state index contributed by atoms with van der Waals surface area (Å²) in [6.07, 6.45) is 0. The summed E-state index contributed by atoms with van der Waals surface area (Å²) < 4.78 is -1.79. The van der Waals surface area contributed by atoms with Crippen molar-refractivity contribution in [3.63, 3.8) is 0 Å². The number of nitrogens with one attached hydrogen (secondary N) is 4. The second kappa shape index (κ2) is 15.2. The maximum Gasteiger partial charge on any atom is 0.327 e. The third-order valence-electron chi connectivity index (χ3n) is 8.87. The van der Waals surface area contributed by atoms with E-state index in [1.54, 1.807) is 27.7 Å². The monoisotopic (exact) mass is 753 g/mol. The fourth-order valence-corrected chi connectivity index (χ4v) is 9.38. The fraction of sp³-hybridized carbons (Fsp3) is 0.438. The molecule has 269 valence electrons. The zero-order valence-electron chi connectivity index (χ0n) is 28.3. The molecule has 2 aromatic carbocycles. The van der Waals surface area contributed by atoms with Crippen molar-refractivity contribution in [2.45, 2.75) is 84.2 Å². The predicted octanol–water partition coefficient (Wildman–Crippen LogP) is -0.415. The van der Waals surface area contributed by atoms with Gasteiger partial charge in [-0.2, -0.15) is 0 Å². The molecule has 3 aliphatic rings. The van der Waals surface area contributed by atoms with Crippen molar-refractivity contribution in [1.29, 1.82) is 0 Å². The van der Waals surface area contributed by atoms with E-state index in [2.05, 4.69) is 21.3 Å². The number of hydrogen-bond donors (Lipinski definition) is 9. The first-order valence-electron chi connectivity index (χ1n) is 15.5. The quantitative estimate of drug-likeness (QED) is 0.104. The van der Waals surface area contributed by atoms with Gasteiger partial charge in [-0.25, -0.2) is 4.79 Å². The Bertz CT molecular complexity index is 1710. The molecule has 3 fully saturated rings. The van der Waals surface area contributed by atoms with Crippen molar-refractivity contribution in [2.75, 3.05) is 0 Å². The Morgan fingerprint density at radius 1 is 0.804 bits per heavy atom. The van der Waals surface area contributed by atoms with Gasteiger partial charge in [-0.1, -0.05) is 24.3 Å². The van der Waals surface area contributed by atoms with E-state index in [9.17, 15) is 49.2 Å². The smallest absolute Gasteiger partial charge is 0.327 e. The topological polar surface area (TPSA) is 261 Å². The molecule has 0 spiro atoms. The van der Waals surface area contributed by atoms with Gasteiger partial charge in [0.15, 0.2) is 0 Å². The molecule has 2 aromatic rings. The number of benzene rings is 2. The van der Waals surface area contributed by atoms with Crippen LogP contribution in [-0.2, 0) is 28.8 Å². The molecule has 0 aliphatic carbocycles. The summed E-state index contributed by atoms with van der Waals surface area (Å²) in [7, 11) is 0. The van der Waals surface area contributed by atoms with Crippen molar-refractivity contribution >= 4 is 88.6 Å². The van der Waals surface area contributed by atoms with E-state index in [0.29, 0.717) is 5.56 Å². The van der Waals surface area contributed by atoms with Crippen LogP contribution < -0.4 is 27.0 Å². The van der Waals surface area contributed by atoms with E-state index in [4.69, 9.17) is 5.73 Å². The normalized spacial score (nSPS) is 25.9. The van der Waals surface area contributed by atoms with Gasteiger partial charge in [-0.3, -0.25) is 29.3 Å². The number of fused-ring (bicyclic) bond motifs is 1. The predicted molar refractivity (Wildman–Crippen MR) is 187 cm³/mol. The summed E-state index contributed by atoms with van der Waals surface area (Å²) in [5.41, 5.74) is 6.70. The van der Waals surface area contributed by atoms with Gasteiger partial charge in [-0.15, -0.1) is 23.5 Å². The molecule has 3 heterocycles. The minimum absolute atomic E-state index is 0. The standard InChI is InChI=1S/C32H38N6O10S2.Na/c1-31(2)21(29(45)46)37-26(49-31)19(35-23(41)17(33)13-5-9-15(39)10-6-13)25(43)34-18(14-7-11-16(40)12-8-14)24(42)36-20-27(44)38-22(30(47)48)32(3,4)50-28(20)38;/h5-12,17-22,26,28,37,39-40H,33H2,1-4H3,(H,34,43)(H,35,41)(H,36,42)(H,45,46)(H,47,48);/t17-,18-,19-,20-,21+,22+,26-,28-;/m1./s1. The van der Waals surface area contributed by atoms with E-state index in [1.807, 2.05) is 0 Å². The molecule has 0 saturated carbocycles. The molecular weight excluding hydrogens is 716 g/mol. The molecular formula is C32H38N6NaO10S2. The number of rotatable bonds is 11. The van der Waals surface area contributed by atoms with Gasteiger partial charge in [0.25, 0.3) is 0 Å². The van der Waals surface area contributed by atoms with Gasteiger partial charge in [0.1, 0.15) is 53.1 Å². The average Bonchev–Trinajstić information content (AvgIpc) is 3.51. The van der Waals surface area contributed by atoms with Gasteiger partial charge in [-0.05, 0) is 63.1 Å². The number of carboxylic acid groups (broad SMARTS) is 2. The Hall–Kier alpha value is -3.52. The molecule has 8 atom stereocenters. The number of phenols is 2. The number of aromatic hydroxyl groups is 2. The van der Waals surface area contributed by atoms with Crippen LogP contribution in [0.25, 0.3) is 0 Å². The maximum atomic E-state index is 14.2. The molecule has 0 bridgehead atoms. The van der Waals surface area contributed by atoms with Gasteiger partial charge < -0.3 is 47.0 Å². The van der Waals surface area contributed by atoms with Crippen molar-refractivity contribution in [3.8, 4) is 11.5 Å². The first-order chi connectivity index (χ1) is 23.3. The average molecular weight is 754 g/mol. The van der Waals surface area contributed by atoms with Gasteiger partial charge in [0.05, 0.1) is 5.37 Å². The number of carbonyl (C=O) groups excluding carboxylic acids is 4. The summed E-state index contributed by atoms with van der Waals surface area (Å²) in [5.74, 6) is -5.70. The largest absolute Gasteiger partial charge is 0.508 e. The molecule has 1 radical (unpaired) electrons. The number of hydrogen-bond acceptors (Lipinski definition) is 12. The van der Waals surface area contributed by atoms with E-state index >= 15 is 0 Å². The van der Waals surface area contributed by atoms with Crippen LogP contribution in [0.5, 0.6) is 11.5 Å². The third kappa shape index (κ3) is 8.11. The number of amides is 4. The fourth-order valence-electron chi connectivity index (χ4n) is 6.26. The summed E-state index contributed by atoms with van der Waals surface area (Å²) >= 11 is 2.31. The van der Waals surface area contributed by atoms with Crippen LogP contribution >= 0.6 is 23.5 Å². The zero-order valence-corrected chi connectivity index (χ0v) is 32.0. The first-order valence-corrected chi connectivity index (χ1v) is 17.2. The molecule has 3 aliphatic heterocycles. The molecule has 4 amide bonds. The third-order valence-corrected chi connectivity index (χ3v) is 11.9. The number of carbonyl (C=O) groups is 6. The Balaban J connectivity index is 0.00000583. The number of nitrogens with zero attached hydrogens (tertiary/aromatic N) is 1. The van der Waals surface area contributed by atoms with E-state index < -0.39 is 92.1 Å². The summed E-state index contributed by atoms with van der Waals surface area (Å²) in [5, 5.41) is 48.2. The van der Waals surface area contributed by atoms with Crippen LogP contribution in [-0.4, -0.2) is 135 Å². The zero-order chi connectivity index (χ0) is 36.9. The van der Waals surface area contributed by atoms with Crippen molar-refractivity contribution in [1.82, 2.24) is 26.2 Å². The van der Waals surface area contributed by atoms with Crippen LogP contribution in [0.1, 0.15) is 50.9 Å². The van der Waals surface area contributed by atoms with Crippen molar-refractivity contribution in [2.24, 2.45) is 5.73 Å². The number of phenolic OH excluding ortho intramolecular Hbond substituents is 2. The minimum atomic E-state index is -1.49. The second-order valence-corrected chi connectivity index (χ2v) is 16.8. The van der Waals surface area contributed by atoms with E-state index in [0.717, 1.165) is 11.8 Å². The molecule has 3 saturated heterocycles. The maximum absolute atomic E-state index is 14.2. The van der Waals surface area contributed by atoms with Crippen molar-refractivity contribution < 1.29 is 49.2 Å². The van der Waals surface area contributed by atoms with Gasteiger partial charge in [0, 0.05) is 39.1 Å². The molecule has 16 nitrogen and oxygen atoms in total. The number of nitrogens with two attached hydrogens (primary N) is 1. The number of aliphatic carboxylic acids is 2. The number of thioether (sulfide) groups is 2. The minimum Gasteiger partial charge on any atom is -0.508 e. The van der Waals surface area contributed by atoms with Gasteiger partial charge in [0.2, 0.25) is 23.6 Å². The van der Waals surface area contributed by atoms with Crippen LogP contribution in [0.2, 0.25) is 0 Å². The SMILES string of the molecule is CC1(C)S[C@@H]2[C@H](NC(=O)[C@H](NC(=O)[C@@H](NC(=O)[C@H](N)c3ccc(O)cc3)[C@@H]3N[C@@H](C(=O)O)C(C)(C)S3)c3ccc(O)cc3)C(=O)N2[C@H]1C(=O)O.[Na]. The summed E-state index contributed by atoms with van der Waals surface area (Å²) in [6, 6.07) is 3.24. The number of carboxylic acids is 2. The van der Waals surface area contributed by atoms with Crippen LogP contribution in [0.3, 0.4) is 0 Å². The summed E-state index contributed by atoms with van der Waals surface area (Å²) in [4.78, 5) is 79.9.